The van der Waals surface area contributed by atoms with Gasteiger partial charge in [-0.25, -0.2) is 4.98 Å². The molecule has 0 radical (unpaired) electrons. The Balaban J connectivity index is 0.00000208. The number of carbonyl (C=O) groups excluding carboxylic acids is 1. The molecule has 24 heavy (non-hydrogen) atoms. The molecule has 3 rings (SSSR count). The highest BCUT2D eigenvalue weighted by molar-refractivity contribution is 8.01. The van der Waals surface area contributed by atoms with Gasteiger partial charge < -0.3 is 11.1 Å². The Morgan fingerprint density at radius 2 is 2.25 bits per heavy atom. The maximum Gasteiger partial charge on any atom is 0.227 e. The van der Waals surface area contributed by atoms with Gasteiger partial charge in [0.15, 0.2) is 4.34 Å². The summed E-state index contributed by atoms with van der Waals surface area (Å²) in [7, 11) is 0. The van der Waals surface area contributed by atoms with Gasteiger partial charge in [-0.1, -0.05) is 23.4 Å². The predicted molar refractivity (Wildman–Crippen MR) is 104 cm³/mol. The zero-order valence-corrected chi connectivity index (χ0v) is 16.3. The maximum absolute atomic E-state index is 12.2. The molecule has 3 N–H and O–H groups in total. The molecule has 2 aromatic rings. The lowest BCUT2D eigenvalue weighted by atomic mass is 10.1. The number of hydrogen-bond donors (Lipinski definition) is 2. The average Bonchev–Trinajstić information content (AvgIpc) is 3.11. The van der Waals surface area contributed by atoms with Gasteiger partial charge >= 0.3 is 0 Å². The van der Waals surface area contributed by atoms with Gasteiger partial charge in [0.1, 0.15) is 0 Å². The number of thiazole rings is 1. The zero-order valence-electron chi connectivity index (χ0n) is 13.1. The van der Waals surface area contributed by atoms with E-state index in [1.807, 2.05) is 24.4 Å². The first-order valence-corrected chi connectivity index (χ1v) is 9.54. The highest BCUT2D eigenvalue weighted by atomic mass is 35.5. The van der Waals surface area contributed by atoms with Crippen LogP contribution in [0.5, 0.6) is 0 Å². The summed E-state index contributed by atoms with van der Waals surface area (Å²) >= 11 is 9.47. The number of aryl methyl sites for hydroxylation is 1. The minimum absolute atomic E-state index is 0. The van der Waals surface area contributed by atoms with Crippen molar-refractivity contribution in [2.45, 2.75) is 41.5 Å². The van der Waals surface area contributed by atoms with Gasteiger partial charge in [-0.3, -0.25) is 4.79 Å². The van der Waals surface area contributed by atoms with Crippen LogP contribution in [0.1, 0.15) is 25.0 Å². The van der Waals surface area contributed by atoms with Gasteiger partial charge in [0.05, 0.1) is 5.02 Å². The molecule has 8 heteroatoms. The molecular weight excluding hydrogens is 385 g/mol. The van der Waals surface area contributed by atoms with Crippen molar-refractivity contribution in [3.8, 4) is 0 Å². The number of amides is 1. The number of nitrogens with one attached hydrogen (secondary N) is 1. The standard InChI is InChI=1S/C16H18ClN3OS2.ClH/c1-9-8-22-16(19-9)23-14-5-4-12(7-13(14)17)20-15(21)10-2-3-11(18)6-10;/h4-5,7-8,10-11H,2-3,6,18H2,1H3,(H,20,21);1H. The highest BCUT2D eigenvalue weighted by Crippen LogP contribution is 2.36. The minimum Gasteiger partial charge on any atom is -0.328 e. The number of nitrogens with two attached hydrogens (primary N) is 1. The number of carbonyl (C=O) groups is 1. The van der Waals surface area contributed by atoms with E-state index >= 15 is 0 Å². The molecule has 1 fully saturated rings. The monoisotopic (exact) mass is 403 g/mol. The summed E-state index contributed by atoms with van der Waals surface area (Å²) in [6, 6.07) is 5.73. The lowest BCUT2D eigenvalue weighted by Gasteiger charge is -2.12. The summed E-state index contributed by atoms with van der Waals surface area (Å²) in [5.41, 5.74) is 7.60. The van der Waals surface area contributed by atoms with Gasteiger partial charge in [0.25, 0.3) is 0 Å². The van der Waals surface area contributed by atoms with Crippen LogP contribution in [0.15, 0.2) is 32.8 Å². The van der Waals surface area contributed by atoms with E-state index in [2.05, 4.69) is 10.3 Å². The van der Waals surface area contributed by atoms with Gasteiger partial charge in [0.2, 0.25) is 5.91 Å². The molecule has 1 aromatic carbocycles. The van der Waals surface area contributed by atoms with E-state index in [-0.39, 0.29) is 30.3 Å². The zero-order chi connectivity index (χ0) is 16.4. The molecule has 2 unspecified atom stereocenters. The SMILES string of the molecule is Cc1csc(Sc2ccc(NC(=O)C3CCC(N)C3)cc2Cl)n1.Cl. The van der Waals surface area contributed by atoms with Gasteiger partial charge in [-0.15, -0.1) is 23.7 Å². The Labute approximate surface area is 161 Å². The van der Waals surface area contributed by atoms with Gasteiger partial charge in [0, 0.05) is 33.6 Å². The molecule has 1 heterocycles. The number of aromatic nitrogens is 1. The van der Waals surface area contributed by atoms with Crippen LogP contribution in [0, 0.1) is 12.8 Å². The Morgan fingerprint density at radius 1 is 1.46 bits per heavy atom. The summed E-state index contributed by atoms with van der Waals surface area (Å²) in [5, 5.41) is 5.56. The van der Waals surface area contributed by atoms with Crippen LogP contribution in [0.25, 0.3) is 0 Å². The summed E-state index contributed by atoms with van der Waals surface area (Å²) in [6.07, 6.45) is 2.54. The van der Waals surface area contributed by atoms with Crippen LogP contribution in [0.2, 0.25) is 5.02 Å². The molecule has 0 saturated heterocycles. The van der Waals surface area contributed by atoms with E-state index in [1.54, 1.807) is 17.4 Å². The van der Waals surface area contributed by atoms with Crippen molar-refractivity contribution in [2.75, 3.05) is 5.32 Å². The smallest absolute Gasteiger partial charge is 0.227 e. The van der Waals surface area contributed by atoms with Crippen molar-refractivity contribution in [3.05, 3.63) is 34.3 Å². The number of hydrogen-bond acceptors (Lipinski definition) is 5. The predicted octanol–water partition coefficient (Wildman–Crippen LogP) is 4.74. The Bertz CT molecular complexity index is 723. The van der Waals surface area contributed by atoms with E-state index in [1.165, 1.54) is 11.8 Å². The van der Waals surface area contributed by atoms with Crippen molar-refractivity contribution in [3.63, 3.8) is 0 Å². The maximum atomic E-state index is 12.2. The first kappa shape index (κ1) is 19.5. The third-order valence-corrected chi connectivity index (χ3v) is 6.40. The van der Waals surface area contributed by atoms with E-state index in [0.717, 1.165) is 39.9 Å². The molecule has 0 bridgehead atoms. The second-order valence-corrected chi connectivity index (χ2v) is 8.32. The van der Waals surface area contributed by atoms with Crippen LogP contribution >= 0.6 is 47.1 Å². The Kier molecular flexibility index (Phi) is 6.95. The second-order valence-electron chi connectivity index (χ2n) is 5.76. The Hall–Kier alpha value is -0.790. The highest BCUT2D eigenvalue weighted by Gasteiger charge is 2.27. The third kappa shape index (κ3) is 4.86. The Morgan fingerprint density at radius 3 is 2.83 bits per heavy atom. The summed E-state index contributed by atoms with van der Waals surface area (Å²) in [6.45, 7) is 1.97. The molecular formula is C16H19Cl2N3OS2. The fourth-order valence-corrected chi connectivity index (χ4v) is 4.73. The van der Waals surface area contributed by atoms with Crippen molar-refractivity contribution in [1.82, 2.24) is 4.98 Å². The van der Waals surface area contributed by atoms with E-state index < -0.39 is 0 Å². The summed E-state index contributed by atoms with van der Waals surface area (Å²) in [5.74, 6) is 0.0427. The molecule has 1 aliphatic carbocycles. The van der Waals surface area contributed by atoms with E-state index in [9.17, 15) is 4.79 Å². The van der Waals surface area contributed by atoms with Gasteiger partial charge in [-0.2, -0.15) is 0 Å². The molecule has 130 valence electrons. The van der Waals surface area contributed by atoms with Crippen molar-refractivity contribution >= 4 is 58.7 Å². The number of anilines is 1. The molecule has 0 aliphatic heterocycles. The van der Waals surface area contributed by atoms with Crippen molar-refractivity contribution < 1.29 is 4.79 Å². The molecule has 1 saturated carbocycles. The van der Waals surface area contributed by atoms with Crippen molar-refractivity contribution in [2.24, 2.45) is 11.7 Å². The van der Waals surface area contributed by atoms with E-state index in [4.69, 9.17) is 17.3 Å². The lowest BCUT2D eigenvalue weighted by molar-refractivity contribution is -0.119. The molecule has 1 aliphatic rings. The fourth-order valence-electron chi connectivity index (χ4n) is 2.63. The van der Waals surface area contributed by atoms with Gasteiger partial charge in [-0.05, 0) is 44.4 Å². The van der Waals surface area contributed by atoms with Crippen LogP contribution in [-0.4, -0.2) is 16.9 Å². The number of halogens is 2. The normalized spacial score (nSPS) is 19.8. The quantitative estimate of drug-likeness (QED) is 0.772. The lowest BCUT2D eigenvalue weighted by Crippen LogP contribution is -2.23. The van der Waals surface area contributed by atoms with Crippen LogP contribution in [0.4, 0.5) is 5.69 Å². The first-order valence-electron chi connectivity index (χ1n) is 7.47. The molecule has 1 aromatic heterocycles. The number of rotatable bonds is 4. The van der Waals surface area contributed by atoms with Crippen LogP contribution < -0.4 is 11.1 Å². The van der Waals surface area contributed by atoms with Crippen LogP contribution in [-0.2, 0) is 4.79 Å². The average molecular weight is 404 g/mol. The second kappa shape index (κ2) is 8.54. The number of benzene rings is 1. The first-order chi connectivity index (χ1) is 11.0. The molecule has 1 amide bonds. The molecule has 2 atom stereocenters. The van der Waals surface area contributed by atoms with Crippen LogP contribution in [0.3, 0.4) is 0 Å². The third-order valence-electron chi connectivity index (χ3n) is 3.84. The summed E-state index contributed by atoms with van der Waals surface area (Å²) in [4.78, 5) is 17.6. The van der Waals surface area contributed by atoms with E-state index in [0.29, 0.717) is 5.02 Å². The van der Waals surface area contributed by atoms with Crippen molar-refractivity contribution in [1.29, 1.82) is 0 Å². The minimum atomic E-state index is 0. The fraction of sp³-hybridized carbons (Fsp3) is 0.375. The summed E-state index contributed by atoms with van der Waals surface area (Å²) < 4.78 is 0.959. The molecule has 4 nitrogen and oxygen atoms in total. The largest absolute Gasteiger partial charge is 0.328 e. The number of nitrogens with zero attached hydrogens (tertiary/aromatic N) is 1. The topological polar surface area (TPSA) is 68.0 Å². The molecule has 0 spiro atoms.